The third-order valence-corrected chi connectivity index (χ3v) is 4.29. The molecule has 140 valence electrons. The van der Waals surface area contributed by atoms with Crippen LogP contribution in [0, 0.1) is 5.92 Å². The summed E-state index contributed by atoms with van der Waals surface area (Å²) < 4.78 is 5.40. The Kier molecular flexibility index (Phi) is 6.80. The van der Waals surface area contributed by atoms with Crippen LogP contribution in [-0.2, 0) is 4.74 Å². The van der Waals surface area contributed by atoms with Gasteiger partial charge in [0.2, 0.25) is 0 Å². The number of ether oxygens (including phenoxy) is 1. The quantitative estimate of drug-likeness (QED) is 0.759. The number of benzene rings is 1. The van der Waals surface area contributed by atoms with E-state index < -0.39 is 0 Å². The van der Waals surface area contributed by atoms with Crippen molar-refractivity contribution in [3.8, 4) is 11.4 Å². The van der Waals surface area contributed by atoms with E-state index in [1.807, 2.05) is 36.4 Å². The second-order valence-electron chi connectivity index (χ2n) is 6.98. The van der Waals surface area contributed by atoms with Gasteiger partial charge < -0.3 is 15.4 Å². The maximum Gasteiger partial charge on any atom is 0.163 e. The van der Waals surface area contributed by atoms with Crippen LogP contribution in [0.5, 0.6) is 0 Å². The van der Waals surface area contributed by atoms with Gasteiger partial charge in [0.15, 0.2) is 5.82 Å². The third kappa shape index (κ3) is 5.68. The molecule has 1 fully saturated rings. The number of hydrogen-bond acceptors (Lipinski definition) is 6. The first kappa shape index (κ1) is 18.6. The van der Waals surface area contributed by atoms with Crippen LogP contribution < -0.4 is 10.6 Å². The van der Waals surface area contributed by atoms with E-state index in [-0.39, 0.29) is 0 Å². The van der Waals surface area contributed by atoms with Crippen LogP contribution in [0.2, 0.25) is 0 Å². The van der Waals surface area contributed by atoms with E-state index in [1.54, 1.807) is 0 Å². The van der Waals surface area contributed by atoms with Crippen molar-refractivity contribution in [3.05, 3.63) is 36.4 Å². The lowest BCUT2D eigenvalue weighted by Crippen LogP contribution is -2.39. The number of nitrogens with one attached hydrogen (secondary N) is 2. The molecule has 2 heterocycles. The Morgan fingerprint density at radius 2 is 1.73 bits per heavy atom. The van der Waals surface area contributed by atoms with Gasteiger partial charge in [-0.2, -0.15) is 0 Å². The zero-order valence-electron chi connectivity index (χ0n) is 15.7. The standard InChI is InChI=1S/C20H29N5O/c1-16(2)15-22-19-14-18(21-8-9-25-10-12-26-13-11-25)23-20(24-19)17-6-4-3-5-7-17/h3-7,14,16H,8-13,15H2,1-2H3,(H2,21,22,23,24). The summed E-state index contributed by atoms with van der Waals surface area (Å²) in [5.41, 5.74) is 1.02. The molecule has 1 aliphatic rings. The first-order valence-electron chi connectivity index (χ1n) is 9.43. The molecule has 0 bridgehead atoms. The maximum absolute atomic E-state index is 5.40. The summed E-state index contributed by atoms with van der Waals surface area (Å²) in [5.74, 6) is 3.02. The Balaban J connectivity index is 1.69. The van der Waals surface area contributed by atoms with Crippen molar-refractivity contribution in [3.63, 3.8) is 0 Å². The van der Waals surface area contributed by atoms with Crippen LogP contribution in [0.25, 0.3) is 11.4 Å². The molecule has 0 unspecified atom stereocenters. The Morgan fingerprint density at radius 3 is 2.42 bits per heavy atom. The molecule has 2 aromatic rings. The Labute approximate surface area is 156 Å². The van der Waals surface area contributed by atoms with Gasteiger partial charge >= 0.3 is 0 Å². The predicted octanol–water partition coefficient (Wildman–Crippen LogP) is 2.96. The molecular weight excluding hydrogens is 326 g/mol. The number of anilines is 2. The summed E-state index contributed by atoms with van der Waals surface area (Å²) in [6.45, 7) is 10.8. The molecule has 0 amide bonds. The summed E-state index contributed by atoms with van der Waals surface area (Å²) in [6.07, 6.45) is 0. The van der Waals surface area contributed by atoms with Crippen molar-refractivity contribution in [2.45, 2.75) is 13.8 Å². The van der Waals surface area contributed by atoms with Crippen LogP contribution in [0.3, 0.4) is 0 Å². The van der Waals surface area contributed by atoms with Gasteiger partial charge in [-0.25, -0.2) is 9.97 Å². The Morgan fingerprint density at radius 1 is 1.04 bits per heavy atom. The van der Waals surface area contributed by atoms with Crippen LogP contribution in [0.4, 0.5) is 11.6 Å². The molecule has 1 aromatic carbocycles. The van der Waals surface area contributed by atoms with E-state index in [9.17, 15) is 0 Å². The predicted molar refractivity (Wildman–Crippen MR) is 107 cm³/mol. The molecule has 6 nitrogen and oxygen atoms in total. The molecule has 1 aliphatic heterocycles. The topological polar surface area (TPSA) is 62.3 Å². The molecule has 6 heteroatoms. The fraction of sp³-hybridized carbons (Fsp3) is 0.500. The third-order valence-electron chi connectivity index (χ3n) is 4.29. The number of aromatic nitrogens is 2. The van der Waals surface area contributed by atoms with Gasteiger partial charge in [-0.1, -0.05) is 44.2 Å². The van der Waals surface area contributed by atoms with Gasteiger partial charge in [-0.15, -0.1) is 0 Å². The first-order chi connectivity index (χ1) is 12.7. The Bertz CT molecular complexity index is 671. The first-order valence-corrected chi connectivity index (χ1v) is 9.43. The van der Waals surface area contributed by atoms with Crippen molar-refractivity contribution < 1.29 is 4.74 Å². The monoisotopic (exact) mass is 355 g/mol. The molecular formula is C20H29N5O. The largest absolute Gasteiger partial charge is 0.379 e. The van der Waals surface area contributed by atoms with E-state index in [0.717, 1.165) is 69.0 Å². The summed E-state index contributed by atoms with van der Waals surface area (Å²) >= 11 is 0. The number of rotatable bonds is 8. The van der Waals surface area contributed by atoms with Crippen molar-refractivity contribution in [1.29, 1.82) is 0 Å². The minimum absolute atomic E-state index is 0.558. The summed E-state index contributed by atoms with van der Waals surface area (Å²) in [7, 11) is 0. The lowest BCUT2D eigenvalue weighted by molar-refractivity contribution is 0.0398. The zero-order valence-corrected chi connectivity index (χ0v) is 15.7. The second-order valence-corrected chi connectivity index (χ2v) is 6.98. The van der Waals surface area contributed by atoms with Crippen molar-refractivity contribution in [2.24, 2.45) is 5.92 Å². The molecule has 0 atom stereocenters. The highest BCUT2D eigenvalue weighted by atomic mass is 16.5. The highest BCUT2D eigenvalue weighted by molar-refractivity contribution is 5.61. The molecule has 0 aliphatic carbocycles. The van der Waals surface area contributed by atoms with Gasteiger partial charge in [0.1, 0.15) is 11.6 Å². The average Bonchev–Trinajstić information content (AvgIpc) is 2.68. The number of morpholine rings is 1. The number of nitrogens with zero attached hydrogens (tertiary/aromatic N) is 3. The number of hydrogen-bond donors (Lipinski definition) is 2. The summed E-state index contributed by atoms with van der Waals surface area (Å²) in [4.78, 5) is 11.8. The lowest BCUT2D eigenvalue weighted by atomic mass is 10.2. The average molecular weight is 355 g/mol. The zero-order chi connectivity index (χ0) is 18.2. The van der Waals surface area contributed by atoms with E-state index in [1.165, 1.54) is 0 Å². The van der Waals surface area contributed by atoms with Gasteiger partial charge in [0, 0.05) is 44.4 Å². The fourth-order valence-electron chi connectivity index (χ4n) is 2.82. The minimum Gasteiger partial charge on any atom is -0.379 e. The maximum atomic E-state index is 5.40. The fourth-order valence-corrected chi connectivity index (χ4v) is 2.82. The van der Waals surface area contributed by atoms with E-state index in [4.69, 9.17) is 9.72 Å². The Hall–Kier alpha value is -2.18. The molecule has 1 saturated heterocycles. The highest BCUT2D eigenvalue weighted by Crippen LogP contribution is 2.20. The van der Waals surface area contributed by atoms with Gasteiger partial charge in [0.05, 0.1) is 13.2 Å². The molecule has 1 aromatic heterocycles. The molecule has 3 rings (SSSR count). The van der Waals surface area contributed by atoms with Gasteiger partial charge in [-0.3, -0.25) is 4.90 Å². The van der Waals surface area contributed by atoms with Crippen molar-refractivity contribution in [1.82, 2.24) is 14.9 Å². The summed E-state index contributed by atoms with van der Waals surface area (Å²) in [5, 5.41) is 6.87. The normalized spacial score (nSPS) is 15.2. The van der Waals surface area contributed by atoms with Crippen LogP contribution in [-0.4, -0.2) is 60.8 Å². The highest BCUT2D eigenvalue weighted by Gasteiger charge is 2.11. The molecule has 0 spiro atoms. The van der Waals surface area contributed by atoms with Crippen molar-refractivity contribution in [2.75, 3.05) is 56.6 Å². The van der Waals surface area contributed by atoms with Crippen LogP contribution >= 0.6 is 0 Å². The molecule has 0 radical (unpaired) electrons. The molecule has 26 heavy (non-hydrogen) atoms. The van der Waals surface area contributed by atoms with Crippen LogP contribution in [0.15, 0.2) is 36.4 Å². The minimum atomic E-state index is 0.558. The van der Waals surface area contributed by atoms with Gasteiger partial charge in [-0.05, 0) is 5.92 Å². The van der Waals surface area contributed by atoms with E-state index in [2.05, 4.69) is 34.4 Å². The molecule has 0 saturated carbocycles. The van der Waals surface area contributed by atoms with Crippen LogP contribution in [0.1, 0.15) is 13.8 Å². The van der Waals surface area contributed by atoms with Crippen molar-refractivity contribution >= 4 is 11.6 Å². The molecule has 2 N–H and O–H groups in total. The smallest absolute Gasteiger partial charge is 0.163 e. The van der Waals surface area contributed by atoms with E-state index >= 15 is 0 Å². The lowest BCUT2D eigenvalue weighted by Gasteiger charge is -2.26. The van der Waals surface area contributed by atoms with E-state index in [0.29, 0.717) is 5.92 Å². The second kappa shape index (κ2) is 9.50. The SMILES string of the molecule is CC(C)CNc1cc(NCCN2CCOCC2)nc(-c2ccccc2)n1. The summed E-state index contributed by atoms with van der Waals surface area (Å²) in [6, 6.07) is 12.1. The van der Waals surface area contributed by atoms with Gasteiger partial charge in [0.25, 0.3) is 0 Å².